The second kappa shape index (κ2) is 11.7. The number of β-amino-alcohol motifs (C(OH)–C–C–N with tert-alkyl or cyclic N) is 1. The molecule has 5 atom stereocenters. The molecule has 4 unspecified atom stereocenters. The van der Waals surface area contributed by atoms with Crippen LogP contribution in [0.4, 0.5) is 19.0 Å². The lowest BCUT2D eigenvalue weighted by Gasteiger charge is -2.43. The average Bonchev–Trinajstić information content (AvgIpc) is 3.47. The number of allylic oxidation sites excluding steroid dienone is 1. The van der Waals surface area contributed by atoms with Gasteiger partial charge in [0.05, 0.1) is 24.5 Å². The van der Waals surface area contributed by atoms with Gasteiger partial charge in [0, 0.05) is 54.4 Å². The van der Waals surface area contributed by atoms with E-state index in [4.69, 9.17) is 11.6 Å². The third-order valence-corrected chi connectivity index (χ3v) is 9.75. The van der Waals surface area contributed by atoms with Gasteiger partial charge in [0.2, 0.25) is 0 Å². The Morgan fingerprint density at radius 2 is 2.00 bits per heavy atom. The highest BCUT2D eigenvalue weighted by Crippen LogP contribution is 2.43. The van der Waals surface area contributed by atoms with Gasteiger partial charge >= 0.3 is 6.18 Å². The van der Waals surface area contributed by atoms with E-state index in [0.717, 1.165) is 56.7 Å². The fraction of sp³-hybridized carbons (Fsp3) is 0.654. The molecule has 2 aromatic heterocycles. The number of nitriles is 1. The number of alkyl halides is 4. The van der Waals surface area contributed by atoms with Crippen molar-refractivity contribution in [3.05, 3.63) is 29.0 Å². The van der Waals surface area contributed by atoms with Crippen LogP contribution in [0, 0.1) is 23.2 Å². The van der Waals surface area contributed by atoms with Crippen molar-refractivity contribution in [3.8, 4) is 6.07 Å². The van der Waals surface area contributed by atoms with Gasteiger partial charge in [-0.1, -0.05) is 0 Å². The van der Waals surface area contributed by atoms with Crippen LogP contribution in [0.3, 0.4) is 0 Å². The van der Waals surface area contributed by atoms with Crippen LogP contribution in [0.5, 0.6) is 0 Å². The molecule has 1 saturated carbocycles. The minimum absolute atomic E-state index is 0.0261. The highest BCUT2D eigenvalue weighted by molar-refractivity contribution is 7.18. The van der Waals surface area contributed by atoms with E-state index < -0.39 is 18.7 Å². The third-order valence-electron chi connectivity index (χ3n) is 8.06. The monoisotopic (exact) mass is 584 g/mol. The van der Waals surface area contributed by atoms with Crippen molar-refractivity contribution in [3.63, 3.8) is 0 Å². The van der Waals surface area contributed by atoms with Gasteiger partial charge < -0.3 is 25.3 Å². The van der Waals surface area contributed by atoms with Crippen LogP contribution in [-0.2, 0) is 6.42 Å². The molecule has 3 aliphatic rings. The number of rotatable bonds is 8. The molecule has 8 nitrogen and oxygen atoms in total. The van der Waals surface area contributed by atoms with Gasteiger partial charge in [0.1, 0.15) is 28.7 Å². The first-order valence-corrected chi connectivity index (χ1v) is 14.5. The Labute approximate surface area is 234 Å². The number of halogens is 4. The minimum atomic E-state index is -4.26. The number of nitrogens with one attached hydrogen (secondary N) is 1. The molecule has 0 spiro atoms. The summed E-state index contributed by atoms with van der Waals surface area (Å²) in [5.41, 5.74) is 0.519. The number of aliphatic hydroxyl groups is 2. The molecular weight excluding hydrogens is 553 g/mol. The van der Waals surface area contributed by atoms with E-state index in [2.05, 4.69) is 26.3 Å². The number of anilines is 1. The summed E-state index contributed by atoms with van der Waals surface area (Å²) < 4.78 is 38.6. The van der Waals surface area contributed by atoms with Gasteiger partial charge in [-0.15, -0.1) is 22.9 Å². The van der Waals surface area contributed by atoms with Gasteiger partial charge in [-0.2, -0.15) is 18.4 Å². The molecule has 4 heterocycles. The number of fused-ring (bicyclic) bond motifs is 2. The molecule has 13 heteroatoms. The normalized spacial score (nSPS) is 27.3. The number of likely N-dealkylation sites (tertiary alicyclic amines) is 1. The Morgan fingerprint density at radius 3 is 2.69 bits per heavy atom. The Morgan fingerprint density at radius 1 is 1.23 bits per heavy atom. The van der Waals surface area contributed by atoms with Crippen LogP contribution in [-0.4, -0.2) is 92.5 Å². The van der Waals surface area contributed by atoms with Crippen molar-refractivity contribution in [2.75, 3.05) is 38.1 Å². The second-order valence-electron chi connectivity index (χ2n) is 10.7. The average molecular weight is 585 g/mol. The fourth-order valence-corrected chi connectivity index (χ4v) is 7.66. The molecule has 39 heavy (non-hydrogen) atoms. The zero-order chi connectivity index (χ0) is 27.7. The standard InChI is InChI=1S/C26H32ClF3N6O2S/c27-23-15(1-2-22-20(23)7-17(10-31)36(22)12-18(38)13-37)11-35-5-3-16(4-6-35)34-24-21-8-19(9-26(28,29)30)39-25(21)33-14-32-24/h7-8,14-16,18,20,22-23,37-38H,1-6,9,11-13H2,(H,32,33,34)/t15?,18-,20?,22?,23?/m0/s1. The molecule has 2 fully saturated rings. The summed E-state index contributed by atoms with van der Waals surface area (Å²) in [5.74, 6) is 0.883. The summed E-state index contributed by atoms with van der Waals surface area (Å²) in [5, 5.41) is 32.7. The Hall–Kier alpha value is -2.17. The quantitative estimate of drug-likeness (QED) is 0.403. The van der Waals surface area contributed by atoms with Crippen molar-refractivity contribution < 1.29 is 23.4 Å². The maximum Gasteiger partial charge on any atom is 0.393 e. The second-order valence-corrected chi connectivity index (χ2v) is 12.4. The summed E-state index contributed by atoms with van der Waals surface area (Å²) in [6.45, 7) is 2.48. The third kappa shape index (κ3) is 6.43. The number of thiophene rings is 1. The van der Waals surface area contributed by atoms with Crippen LogP contribution < -0.4 is 5.32 Å². The summed E-state index contributed by atoms with van der Waals surface area (Å²) in [4.78, 5) is 13.6. The number of aromatic nitrogens is 2. The van der Waals surface area contributed by atoms with E-state index in [1.165, 1.54) is 6.33 Å². The highest BCUT2D eigenvalue weighted by Gasteiger charge is 2.45. The minimum Gasteiger partial charge on any atom is -0.394 e. The van der Waals surface area contributed by atoms with Crippen molar-refractivity contribution in [1.29, 1.82) is 5.26 Å². The topological polar surface area (TPSA) is 109 Å². The van der Waals surface area contributed by atoms with E-state index in [0.29, 0.717) is 21.7 Å². The van der Waals surface area contributed by atoms with Gasteiger partial charge in [0.15, 0.2) is 0 Å². The van der Waals surface area contributed by atoms with Gasteiger partial charge in [0.25, 0.3) is 0 Å². The first kappa shape index (κ1) is 28.4. The predicted octanol–water partition coefficient (Wildman–Crippen LogP) is 3.75. The van der Waals surface area contributed by atoms with Crippen molar-refractivity contribution in [1.82, 2.24) is 19.8 Å². The first-order chi connectivity index (χ1) is 18.6. The fourth-order valence-electron chi connectivity index (χ4n) is 6.19. The van der Waals surface area contributed by atoms with Crippen LogP contribution in [0.1, 0.15) is 30.6 Å². The Bertz CT molecular complexity index is 1230. The molecule has 0 amide bonds. The Balaban J connectivity index is 1.15. The van der Waals surface area contributed by atoms with Crippen LogP contribution >= 0.6 is 22.9 Å². The number of nitrogens with zero attached hydrogens (tertiary/aromatic N) is 5. The summed E-state index contributed by atoms with van der Waals surface area (Å²) in [7, 11) is 0. The van der Waals surface area contributed by atoms with Crippen LogP contribution in [0.2, 0.25) is 0 Å². The molecule has 0 bridgehead atoms. The van der Waals surface area contributed by atoms with Gasteiger partial charge in [-0.3, -0.25) is 0 Å². The van der Waals surface area contributed by atoms with E-state index in [1.807, 2.05) is 11.0 Å². The molecule has 1 saturated heterocycles. The molecule has 3 N–H and O–H groups in total. The zero-order valence-electron chi connectivity index (χ0n) is 21.3. The van der Waals surface area contributed by atoms with E-state index in [9.17, 15) is 28.6 Å². The molecule has 0 aromatic carbocycles. The van der Waals surface area contributed by atoms with Crippen molar-refractivity contribution in [2.24, 2.45) is 11.8 Å². The van der Waals surface area contributed by atoms with Crippen LogP contribution in [0.15, 0.2) is 24.2 Å². The largest absolute Gasteiger partial charge is 0.394 e. The molecule has 5 rings (SSSR count). The first-order valence-electron chi connectivity index (χ1n) is 13.3. The molecule has 2 aliphatic heterocycles. The van der Waals surface area contributed by atoms with Crippen molar-refractivity contribution in [2.45, 2.75) is 61.8 Å². The molecule has 0 radical (unpaired) electrons. The summed E-state index contributed by atoms with van der Waals surface area (Å²) >= 11 is 8.03. The lowest BCUT2D eigenvalue weighted by molar-refractivity contribution is -0.126. The lowest BCUT2D eigenvalue weighted by Crippen LogP contribution is -2.49. The Kier molecular flexibility index (Phi) is 8.54. The molecule has 1 aliphatic carbocycles. The van der Waals surface area contributed by atoms with Crippen molar-refractivity contribution >= 4 is 39.0 Å². The maximum atomic E-state index is 12.9. The number of piperidine rings is 1. The molecule has 2 aromatic rings. The SMILES string of the molecule is N#CC1=CC2C(Cl)C(CN3CCC(Nc4ncnc5sc(CC(F)(F)F)cc45)CC3)CCC2N1C[C@H](O)CO. The van der Waals surface area contributed by atoms with Crippen LogP contribution in [0.25, 0.3) is 10.2 Å². The smallest absolute Gasteiger partial charge is 0.393 e. The number of aliphatic hydroxyl groups excluding tert-OH is 2. The maximum absolute atomic E-state index is 12.9. The number of hydrogen-bond donors (Lipinski definition) is 3. The highest BCUT2D eigenvalue weighted by atomic mass is 35.5. The zero-order valence-corrected chi connectivity index (χ0v) is 22.9. The summed E-state index contributed by atoms with van der Waals surface area (Å²) in [6.07, 6.45) is 0.746. The summed E-state index contributed by atoms with van der Waals surface area (Å²) in [6, 6.07) is 3.99. The molecular formula is C26H32ClF3N6O2S. The van der Waals surface area contributed by atoms with E-state index >= 15 is 0 Å². The van der Waals surface area contributed by atoms with Gasteiger partial charge in [-0.05, 0) is 43.7 Å². The van der Waals surface area contributed by atoms with E-state index in [-0.39, 0.29) is 47.3 Å². The van der Waals surface area contributed by atoms with Gasteiger partial charge in [-0.25, -0.2) is 9.97 Å². The van der Waals surface area contributed by atoms with E-state index in [1.54, 1.807) is 6.07 Å². The predicted molar refractivity (Wildman–Crippen MR) is 143 cm³/mol. The lowest BCUT2D eigenvalue weighted by atomic mass is 9.78. The molecule has 212 valence electrons. The number of hydrogen-bond acceptors (Lipinski definition) is 9.